The molecule has 1 fully saturated rings. The van der Waals surface area contributed by atoms with Crippen molar-refractivity contribution in [2.75, 3.05) is 44.0 Å². The van der Waals surface area contributed by atoms with Gasteiger partial charge in [0.2, 0.25) is 0 Å². The molecule has 1 aromatic carbocycles. The first-order valence-electron chi connectivity index (χ1n) is 5.58. The maximum absolute atomic E-state index is 10.9. The van der Waals surface area contributed by atoms with Crippen molar-refractivity contribution in [3.63, 3.8) is 0 Å². The largest absolute Gasteiger partial charge is 0.490 e. The third-order valence-corrected chi connectivity index (χ3v) is 2.88. The highest BCUT2D eigenvalue weighted by Gasteiger charge is 2.21. The van der Waals surface area contributed by atoms with E-state index in [0.717, 1.165) is 5.69 Å². The Labute approximate surface area is 104 Å². The van der Waals surface area contributed by atoms with Gasteiger partial charge in [-0.1, -0.05) is 0 Å². The Kier molecular flexibility index (Phi) is 3.52. The molecule has 1 aliphatic rings. The molecule has 1 saturated heterocycles. The predicted octanol–water partition coefficient (Wildman–Crippen LogP) is 1.02. The van der Waals surface area contributed by atoms with Crippen LogP contribution in [0.3, 0.4) is 0 Å². The molecule has 1 aromatic rings. The van der Waals surface area contributed by atoms with E-state index in [0.29, 0.717) is 32.0 Å². The van der Waals surface area contributed by atoms with E-state index < -0.39 is 4.92 Å². The van der Waals surface area contributed by atoms with Crippen LogP contribution in [-0.2, 0) is 4.74 Å². The molecule has 98 valence electrons. The molecule has 0 spiro atoms. The third-order valence-electron chi connectivity index (χ3n) is 2.88. The summed E-state index contributed by atoms with van der Waals surface area (Å²) in [6.07, 6.45) is 0. The van der Waals surface area contributed by atoms with Crippen molar-refractivity contribution in [2.24, 2.45) is 0 Å². The van der Waals surface area contributed by atoms with Crippen LogP contribution in [-0.4, -0.2) is 38.3 Å². The zero-order valence-corrected chi connectivity index (χ0v) is 10.1. The molecule has 0 unspecified atom stereocenters. The van der Waals surface area contributed by atoms with Gasteiger partial charge in [0.1, 0.15) is 0 Å². The molecular formula is C11H15N3O4. The monoisotopic (exact) mass is 253 g/mol. The summed E-state index contributed by atoms with van der Waals surface area (Å²) in [5.41, 5.74) is 6.88. The number of nitrogens with two attached hydrogens (primary N) is 1. The van der Waals surface area contributed by atoms with Crippen LogP contribution in [0.15, 0.2) is 12.1 Å². The molecule has 1 heterocycles. The Balaban J connectivity index is 2.39. The van der Waals surface area contributed by atoms with Crippen molar-refractivity contribution < 1.29 is 14.4 Å². The van der Waals surface area contributed by atoms with Crippen LogP contribution in [0.25, 0.3) is 0 Å². The number of nitro groups is 1. The first-order valence-corrected chi connectivity index (χ1v) is 5.58. The summed E-state index contributed by atoms with van der Waals surface area (Å²) in [5.74, 6) is 0.218. The van der Waals surface area contributed by atoms with Crippen molar-refractivity contribution in [2.45, 2.75) is 0 Å². The van der Waals surface area contributed by atoms with Gasteiger partial charge >= 0.3 is 5.69 Å². The SMILES string of the molecule is COc1cc(N2CCOCC2)c(N)cc1[N+](=O)[O-]. The first kappa shape index (κ1) is 12.4. The van der Waals surface area contributed by atoms with Gasteiger partial charge in [0.05, 0.1) is 36.6 Å². The maximum Gasteiger partial charge on any atom is 0.313 e. The number of rotatable bonds is 3. The molecule has 2 N–H and O–H groups in total. The summed E-state index contributed by atoms with van der Waals surface area (Å²) in [7, 11) is 1.40. The highest BCUT2D eigenvalue weighted by Crippen LogP contribution is 2.36. The standard InChI is InChI=1S/C11H15N3O4/c1-17-11-7-9(13-2-4-18-5-3-13)8(12)6-10(11)14(15)16/h6-7H,2-5,12H2,1H3. The van der Waals surface area contributed by atoms with Crippen LogP contribution in [0, 0.1) is 10.1 Å². The molecule has 1 aliphatic heterocycles. The summed E-state index contributed by atoms with van der Waals surface area (Å²) in [5, 5.41) is 10.9. The minimum atomic E-state index is -0.502. The Morgan fingerprint density at radius 1 is 1.44 bits per heavy atom. The molecule has 0 radical (unpaired) electrons. The summed E-state index contributed by atoms with van der Waals surface area (Å²) < 4.78 is 10.3. The zero-order valence-electron chi connectivity index (χ0n) is 10.1. The average molecular weight is 253 g/mol. The van der Waals surface area contributed by atoms with E-state index in [1.165, 1.54) is 13.2 Å². The van der Waals surface area contributed by atoms with Gasteiger partial charge in [0.15, 0.2) is 5.75 Å². The third kappa shape index (κ3) is 2.30. The lowest BCUT2D eigenvalue weighted by atomic mass is 10.2. The van der Waals surface area contributed by atoms with Crippen molar-refractivity contribution in [1.29, 1.82) is 0 Å². The van der Waals surface area contributed by atoms with Crippen LogP contribution < -0.4 is 15.4 Å². The first-order chi connectivity index (χ1) is 8.63. The Morgan fingerprint density at radius 3 is 2.67 bits per heavy atom. The van der Waals surface area contributed by atoms with Gasteiger partial charge < -0.3 is 20.1 Å². The molecule has 18 heavy (non-hydrogen) atoms. The number of nitro benzene ring substituents is 1. The van der Waals surface area contributed by atoms with E-state index in [9.17, 15) is 10.1 Å². The van der Waals surface area contributed by atoms with Crippen molar-refractivity contribution in [3.8, 4) is 5.75 Å². The number of nitrogen functional groups attached to an aromatic ring is 1. The number of hydrogen-bond acceptors (Lipinski definition) is 6. The van der Waals surface area contributed by atoms with Gasteiger partial charge in [-0.05, 0) is 0 Å². The average Bonchev–Trinajstić information content (AvgIpc) is 2.39. The van der Waals surface area contributed by atoms with Gasteiger partial charge in [-0.25, -0.2) is 0 Å². The molecular weight excluding hydrogens is 238 g/mol. The van der Waals surface area contributed by atoms with E-state index in [1.54, 1.807) is 6.07 Å². The number of benzene rings is 1. The minimum Gasteiger partial charge on any atom is -0.490 e. The van der Waals surface area contributed by atoms with Crippen LogP contribution in [0.1, 0.15) is 0 Å². The number of hydrogen-bond donors (Lipinski definition) is 1. The number of morpholine rings is 1. The Bertz CT molecular complexity index is 458. The van der Waals surface area contributed by atoms with Crippen LogP contribution in [0.5, 0.6) is 5.75 Å². The van der Waals surface area contributed by atoms with E-state index in [4.69, 9.17) is 15.2 Å². The van der Waals surface area contributed by atoms with Crippen molar-refractivity contribution in [3.05, 3.63) is 22.2 Å². The van der Waals surface area contributed by atoms with Gasteiger partial charge in [-0.15, -0.1) is 0 Å². The Morgan fingerprint density at radius 2 is 2.11 bits per heavy atom. The topological polar surface area (TPSA) is 90.9 Å². The number of methoxy groups -OCH3 is 1. The zero-order chi connectivity index (χ0) is 13.1. The molecule has 0 aliphatic carbocycles. The number of anilines is 2. The molecule has 2 rings (SSSR count). The van der Waals surface area contributed by atoms with Gasteiger partial charge in [0, 0.05) is 25.2 Å². The molecule has 0 saturated carbocycles. The Hall–Kier alpha value is -2.02. The van der Waals surface area contributed by atoms with E-state index in [-0.39, 0.29) is 11.4 Å². The maximum atomic E-state index is 10.9. The van der Waals surface area contributed by atoms with Gasteiger partial charge in [0.25, 0.3) is 0 Å². The molecule has 0 bridgehead atoms. The molecule has 7 heteroatoms. The van der Waals surface area contributed by atoms with Gasteiger partial charge in [-0.2, -0.15) is 0 Å². The molecule has 0 aromatic heterocycles. The molecule has 7 nitrogen and oxygen atoms in total. The minimum absolute atomic E-state index is 0.119. The van der Waals surface area contributed by atoms with E-state index >= 15 is 0 Å². The van der Waals surface area contributed by atoms with Crippen molar-refractivity contribution in [1.82, 2.24) is 0 Å². The highest BCUT2D eigenvalue weighted by atomic mass is 16.6. The van der Waals surface area contributed by atoms with E-state index in [2.05, 4.69) is 0 Å². The summed E-state index contributed by atoms with van der Waals surface area (Å²) in [6.45, 7) is 2.67. The highest BCUT2D eigenvalue weighted by molar-refractivity contribution is 5.75. The van der Waals surface area contributed by atoms with Crippen LogP contribution >= 0.6 is 0 Å². The van der Waals surface area contributed by atoms with Crippen molar-refractivity contribution >= 4 is 17.1 Å². The summed E-state index contributed by atoms with van der Waals surface area (Å²) >= 11 is 0. The lowest BCUT2D eigenvalue weighted by molar-refractivity contribution is -0.385. The normalized spacial score (nSPS) is 15.5. The fourth-order valence-corrected chi connectivity index (χ4v) is 1.96. The van der Waals surface area contributed by atoms with E-state index in [1.807, 2.05) is 4.90 Å². The fraction of sp³-hybridized carbons (Fsp3) is 0.455. The van der Waals surface area contributed by atoms with Crippen LogP contribution in [0.2, 0.25) is 0 Å². The number of ether oxygens (including phenoxy) is 2. The van der Waals surface area contributed by atoms with Gasteiger partial charge in [-0.3, -0.25) is 10.1 Å². The second-order valence-electron chi connectivity index (χ2n) is 3.94. The molecule has 0 atom stereocenters. The lowest BCUT2D eigenvalue weighted by Crippen LogP contribution is -2.36. The summed E-state index contributed by atoms with van der Waals surface area (Å²) in [4.78, 5) is 12.4. The predicted molar refractivity (Wildman–Crippen MR) is 67.1 cm³/mol. The van der Waals surface area contributed by atoms with Crippen LogP contribution in [0.4, 0.5) is 17.1 Å². The second-order valence-corrected chi connectivity index (χ2v) is 3.94. The number of nitrogens with zero attached hydrogens (tertiary/aromatic N) is 2. The smallest absolute Gasteiger partial charge is 0.313 e. The summed E-state index contributed by atoms with van der Waals surface area (Å²) in [6, 6.07) is 2.95. The molecule has 0 amide bonds. The quantitative estimate of drug-likeness (QED) is 0.491. The lowest BCUT2D eigenvalue weighted by Gasteiger charge is -2.29. The second kappa shape index (κ2) is 5.09. The fourth-order valence-electron chi connectivity index (χ4n) is 1.96.